The highest BCUT2D eigenvalue weighted by Crippen LogP contribution is 2.39. The number of carbonyl (C=O) groups excluding carboxylic acids is 2. The van der Waals surface area contributed by atoms with Gasteiger partial charge in [-0.2, -0.15) is 0 Å². The fourth-order valence-electron chi connectivity index (χ4n) is 5.11. The number of fused-ring (bicyclic) bond motifs is 1. The van der Waals surface area contributed by atoms with Gasteiger partial charge in [0.25, 0.3) is 11.8 Å². The number of halogens is 1. The summed E-state index contributed by atoms with van der Waals surface area (Å²) in [5, 5.41) is 16.0. The number of nitrogens with one attached hydrogen (secondary N) is 3. The highest BCUT2D eigenvalue weighted by molar-refractivity contribution is 6.08. The van der Waals surface area contributed by atoms with E-state index in [1.54, 1.807) is 6.20 Å². The molecule has 0 saturated heterocycles. The number of aliphatic hydroxyl groups is 1. The Morgan fingerprint density at radius 1 is 1.08 bits per heavy atom. The van der Waals surface area contributed by atoms with Crippen LogP contribution in [0.3, 0.4) is 0 Å². The zero-order chi connectivity index (χ0) is 27.1. The van der Waals surface area contributed by atoms with Crippen molar-refractivity contribution in [3.63, 3.8) is 0 Å². The highest BCUT2D eigenvalue weighted by Gasteiger charge is 2.48. The first-order chi connectivity index (χ1) is 18.8. The van der Waals surface area contributed by atoms with E-state index in [1.807, 2.05) is 0 Å². The van der Waals surface area contributed by atoms with Crippen molar-refractivity contribution in [3.8, 4) is 22.8 Å². The van der Waals surface area contributed by atoms with Crippen molar-refractivity contribution in [1.29, 1.82) is 0 Å². The average Bonchev–Trinajstić information content (AvgIpc) is 3.86. The van der Waals surface area contributed by atoms with Crippen LogP contribution in [0.1, 0.15) is 61.7 Å². The first-order valence-electron chi connectivity index (χ1n) is 13.5. The Kier molecular flexibility index (Phi) is 6.62. The minimum absolute atomic E-state index is 0.000105. The summed E-state index contributed by atoms with van der Waals surface area (Å²) >= 11 is 0. The van der Waals surface area contributed by atoms with Crippen LogP contribution in [-0.4, -0.2) is 63.3 Å². The van der Waals surface area contributed by atoms with Gasteiger partial charge in [0.15, 0.2) is 11.6 Å². The minimum Gasteiger partial charge on any atom is -0.494 e. The molecule has 3 fully saturated rings. The van der Waals surface area contributed by atoms with Crippen molar-refractivity contribution in [1.82, 2.24) is 25.6 Å². The van der Waals surface area contributed by atoms with Gasteiger partial charge in [-0.3, -0.25) is 9.59 Å². The number of aromatic nitrogens is 3. The Bertz CT molecular complexity index is 1410. The normalized spacial score (nSPS) is 21.8. The van der Waals surface area contributed by atoms with E-state index < -0.39 is 11.4 Å². The maximum atomic E-state index is 14.7. The first-order valence-corrected chi connectivity index (χ1v) is 13.5. The maximum Gasteiger partial charge on any atom is 0.255 e. The monoisotopic (exact) mass is 537 g/mol. The summed E-state index contributed by atoms with van der Waals surface area (Å²) in [6.45, 7) is 0.529. The van der Waals surface area contributed by atoms with Crippen LogP contribution in [0.15, 0.2) is 24.7 Å². The largest absolute Gasteiger partial charge is 0.494 e. The summed E-state index contributed by atoms with van der Waals surface area (Å²) in [6, 6.07) is 2.82. The third-order valence-corrected chi connectivity index (χ3v) is 7.93. The lowest BCUT2D eigenvalue weighted by molar-refractivity contribution is -0.132. The number of benzene rings is 1. The molecule has 2 amide bonds. The number of H-pyrrole nitrogens is 1. The SMILES string of the molecule is COc1cc(OCC2CC2)c(-c2ncnc3c(C(=O)NC4CCC(NC(=O)C5(O)CC5)CC4)c[nH]c23)cc1F. The van der Waals surface area contributed by atoms with Crippen LogP contribution in [0, 0.1) is 11.7 Å². The van der Waals surface area contributed by atoms with E-state index in [1.165, 1.54) is 25.6 Å². The van der Waals surface area contributed by atoms with Gasteiger partial charge >= 0.3 is 0 Å². The van der Waals surface area contributed by atoms with E-state index in [2.05, 4.69) is 25.6 Å². The van der Waals surface area contributed by atoms with Gasteiger partial charge in [0.05, 0.1) is 24.8 Å². The van der Waals surface area contributed by atoms with E-state index in [9.17, 15) is 19.1 Å². The van der Waals surface area contributed by atoms with Gasteiger partial charge < -0.3 is 30.2 Å². The molecule has 2 aromatic heterocycles. The van der Waals surface area contributed by atoms with Crippen molar-refractivity contribution in [3.05, 3.63) is 36.0 Å². The number of ether oxygens (including phenoxy) is 2. The van der Waals surface area contributed by atoms with E-state index >= 15 is 0 Å². The van der Waals surface area contributed by atoms with Crippen LogP contribution in [0.5, 0.6) is 11.5 Å². The number of methoxy groups -OCH3 is 1. The Morgan fingerprint density at radius 3 is 2.46 bits per heavy atom. The molecule has 6 rings (SSSR count). The van der Waals surface area contributed by atoms with E-state index in [-0.39, 0.29) is 29.6 Å². The number of hydrogen-bond donors (Lipinski definition) is 4. The second-order valence-electron chi connectivity index (χ2n) is 10.9. The molecule has 1 aromatic carbocycles. The number of hydrogen-bond acceptors (Lipinski definition) is 7. The molecule has 0 radical (unpaired) electrons. The topological polar surface area (TPSA) is 138 Å². The second kappa shape index (κ2) is 10.1. The number of nitrogens with zero attached hydrogens (tertiary/aromatic N) is 2. The van der Waals surface area contributed by atoms with Crippen LogP contribution >= 0.6 is 0 Å². The van der Waals surface area contributed by atoms with Gasteiger partial charge in [-0.05, 0) is 63.4 Å². The van der Waals surface area contributed by atoms with Gasteiger partial charge in [0.1, 0.15) is 28.9 Å². The van der Waals surface area contributed by atoms with Crippen molar-refractivity contribution in [2.45, 2.75) is 69.1 Å². The number of carbonyl (C=O) groups is 2. The van der Waals surface area contributed by atoms with Crippen molar-refractivity contribution < 1.29 is 28.6 Å². The van der Waals surface area contributed by atoms with Crippen LogP contribution in [-0.2, 0) is 4.79 Å². The van der Waals surface area contributed by atoms with Crippen LogP contribution in [0.4, 0.5) is 4.39 Å². The smallest absolute Gasteiger partial charge is 0.255 e. The summed E-state index contributed by atoms with van der Waals surface area (Å²) < 4.78 is 25.9. The highest BCUT2D eigenvalue weighted by atomic mass is 19.1. The molecule has 0 atom stereocenters. The molecule has 2 heterocycles. The lowest BCUT2D eigenvalue weighted by Gasteiger charge is -2.30. The van der Waals surface area contributed by atoms with Gasteiger partial charge in [-0.15, -0.1) is 0 Å². The Balaban J connectivity index is 1.18. The summed E-state index contributed by atoms with van der Waals surface area (Å²) in [7, 11) is 1.41. The molecule has 0 aliphatic heterocycles. The average molecular weight is 538 g/mol. The summed E-state index contributed by atoms with van der Waals surface area (Å²) in [4.78, 5) is 37.2. The molecular formula is C28H32FN5O5. The van der Waals surface area contributed by atoms with Crippen molar-refractivity contribution >= 4 is 22.8 Å². The third-order valence-electron chi connectivity index (χ3n) is 7.93. The molecule has 11 heteroatoms. The molecule has 3 aliphatic rings. The lowest BCUT2D eigenvalue weighted by atomic mass is 9.90. The predicted molar refractivity (Wildman–Crippen MR) is 140 cm³/mol. The molecule has 206 valence electrons. The Labute approximate surface area is 224 Å². The number of amides is 2. The molecule has 0 bridgehead atoms. The second-order valence-corrected chi connectivity index (χ2v) is 10.9. The molecule has 3 aliphatic carbocycles. The molecule has 3 saturated carbocycles. The molecule has 4 N–H and O–H groups in total. The molecule has 3 aromatic rings. The van der Waals surface area contributed by atoms with Gasteiger partial charge in [-0.1, -0.05) is 0 Å². The fourth-order valence-corrected chi connectivity index (χ4v) is 5.11. The quantitative estimate of drug-likeness (QED) is 0.329. The van der Waals surface area contributed by atoms with Gasteiger partial charge in [0.2, 0.25) is 0 Å². The zero-order valence-electron chi connectivity index (χ0n) is 21.8. The van der Waals surface area contributed by atoms with E-state index in [0.717, 1.165) is 25.7 Å². The summed E-state index contributed by atoms with van der Waals surface area (Å²) in [5.41, 5.74) is 1.01. The molecular weight excluding hydrogens is 505 g/mol. The third kappa shape index (κ3) is 5.27. The molecule has 0 spiro atoms. The van der Waals surface area contributed by atoms with E-state index in [0.29, 0.717) is 71.8 Å². The lowest BCUT2D eigenvalue weighted by Crippen LogP contribution is -2.47. The van der Waals surface area contributed by atoms with Crippen molar-refractivity contribution in [2.75, 3.05) is 13.7 Å². The maximum absolute atomic E-state index is 14.7. The van der Waals surface area contributed by atoms with Crippen LogP contribution in [0.25, 0.3) is 22.3 Å². The fraction of sp³-hybridized carbons (Fsp3) is 0.500. The van der Waals surface area contributed by atoms with Gasteiger partial charge in [0, 0.05) is 29.9 Å². The summed E-state index contributed by atoms with van der Waals surface area (Å²) in [6.07, 6.45) is 9.07. The molecule has 0 unspecified atom stereocenters. The Morgan fingerprint density at radius 2 is 1.79 bits per heavy atom. The molecule has 39 heavy (non-hydrogen) atoms. The first kappa shape index (κ1) is 25.5. The summed E-state index contributed by atoms with van der Waals surface area (Å²) in [5.74, 6) is -0.0620. The minimum atomic E-state index is -1.18. The molecule has 10 nitrogen and oxygen atoms in total. The number of rotatable bonds is 9. The predicted octanol–water partition coefficient (Wildman–Crippen LogP) is 3.24. The zero-order valence-corrected chi connectivity index (χ0v) is 21.8. The van der Waals surface area contributed by atoms with Gasteiger partial charge in [-0.25, -0.2) is 14.4 Å². The van der Waals surface area contributed by atoms with Crippen LogP contribution in [0.2, 0.25) is 0 Å². The number of aromatic amines is 1. The van der Waals surface area contributed by atoms with Crippen LogP contribution < -0.4 is 20.1 Å². The van der Waals surface area contributed by atoms with E-state index in [4.69, 9.17) is 9.47 Å². The Hall–Kier alpha value is -3.73. The van der Waals surface area contributed by atoms with Crippen molar-refractivity contribution in [2.24, 2.45) is 5.92 Å². The standard InChI is InChI=1S/C28H32FN5O5/c1-38-22-11-21(39-13-15-2-3-15)18(10-20(22)29)23-25-24(32-14-31-23)19(12-30-25)26(35)33-16-4-6-17(7-5-16)34-27(36)28(37)8-9-28/h10-12,14-17,30,37H,2-9,13H2,1H3,(H,33,35)(H,34,36).